The summed E-state index contributed by atoms with van der Waals surface area (Å²) in [7, 11) is 0. The molecule has 3 heteroatoms. The first-order valence-corrected chi connectivity index (χ1v) is 18.2. The van der Waals surface area contributed by atoms with E-state index >= 15 is 0 Å². The molecule has 0 saturated carbocycles. The van der Waals surface area contributed by atoms with E-state index in [9.17, 15) is 0 Å². The van der Waals surface area contributed by atoms with E-state index in [-0.39, 0.29) is 5.41 Å². The minimum atomic E-state index is -0.316. The van der Waals surface area contributed by atoms with Crippen LogP contribution in [0.4, 0.5) is 17.1 Å². The van der Waals surface area contributed by atoms with Crippen molar-refractivity contribution in [1.29, 1.82) is 0 Å². The van der Waals surface area contributed by atoms with Crippen molar-refractivity contribution in [2.75, 3.05) is 4.90 Å². The van der Waals surface area contributed by atoms with Crippen LogP contribution in [0, 0.1) is 0 Å². The van der Waals surface area contributed by atoms with Crippen molar-refractivity contribution in [3.05, 3.63) is 199 Å². The highest BCUT2D eigenvalue weighted by atomic mass is 16.3. The molecule has 0 saturated heterocycles. The quantitative estimate of drug-likeness (QED) is 0.181. The molecular weight excluding hydrogens is 647 g/mol. The second kappa shape index (κ2) is 11.3. The molecule has 0 aliphatic heterocycles. The second-order valence-corrected chi connectivity index (χ2v) is 14.2. The van der Waals surface area contributed by atoms with Gasteiger partial charge >= 0.3 is 0 Å². The summed E-state index contributed by atoms with van der Waals surface area (Å²) in [6.45, 7) is 2.38. The number of hydrogen-bond acceptors (Lipinski definition) is 3. The third-order valence-electron chi connectivity index (χ3n) is 11.4. The van der Waals surface area contributed by atoms with Crippen LogP contribution in [0.5, 0.6) is 0 Å². The van der Waals surface area contributed by atoms with E-state index in [1.54, 1.807) is 0 Å². The molecule has 250 valence electrons. The number of fused-ring (bicyclic) bond motifs is 9. The lowest BCUT2D eigenvalue weighted by Gasteiger charge is -2.31. The molecule has 0 bridgehead atoms. The summed E-state index contributed by atoms with van der Waals surface area (Å²) in [6, 6.07) is 65.2. The van der Waals surface area contributed by atoms with Gasteiger partial charge in [-0.1, -0.05) is 127 Å². The number of anilines is 3. The minimum Gasteiger partial charge on any atom is -0.456 e. The average Bonchev–Trinajstić information content (AvgIpc) is 3.87. The molecule has 8 aromatic carbocycles. The van der Waals surface area contributed by atoms with Crippen LogP contribution in [0.1, 0.15) is 23.6 Å². The molecule has 53 heavy (non-hydrogen) atoms. The average molecular weight is 680 g/mol. The lowest BCUT2D eigenvalue weighted by Crippen LogP contribution is -2.22. The topological polar surface area (TPSA) is 29.5 Å². The molecule has 1 aliphatic rings. The zero-order chi connectivity index (χ0) is 35.1. The summed E-state index contributed by atoms with van der Waals surface area (Å²) < 4.78 is 12.6. The Labute approximate surface area is 307 Å². The summed E-state index contributed by atoms with van der Waals surface area (Å²) in [5.41, 5.74) is 15.2. The molecule has 0 amide bonds. The Morgan fingerprint density at radius 1 is 0.434 bits per heavy atom. The Morgan fingerprint density at radius 2 is 1.04 bits per heavy atom. The van der Waals surface area contributed by atoms with Crippen LogP contribution in [-0.2, 0) is 5.41 Å². The fourth-order valence-corrected chi connectivity index (χ4v) is 8.85. The van der Waals surface area contributed by atoms with Gasteiger partial charge in [0.15, 0.2) is 0 Å². The number of rotatable bonds is 5. The van der Waals surface area contributed by atoms with Gasteiger partial charge in [-0.15, -0.1) is 0 Å². The van der Waals surface area contributed by atoms with Crippen molar-refractivity contribution in [3.63, 3.8) is 0 Å². The fraction of sp³-hybridized carbons (Fsp3) is 0.0400. The zero-order valence-corrected chi connectivity index (χ0v) is 29.1. The molecule has 0 spiro atoms. The van der Waals surface area contributed by atoms with E-state index in [0.717, 1.165) is 72.1 Å². The number of nitrogens with zero attached hydrogens (tertiary/aromatic N) is 1. The van der Waals surface area contributed by atoms with E-state index in [2.05, 4.69) is 176 Å². The molecule has 0 radical (unpaired) electrons. The highest BCUT2D eigenvalue weighted by molar-refractivity contribution is 6.14. The third-order valence-corrected chi connectivity index (χ3v) is 11.4. The van der Waals surface area contributed by atoms with Crippen LogP contribution < -0.4 is 4.90 Å². The highest BCUT2D eigenvalue weighted by Crippen LogP contribution is 2.57. The van der Waals surface area contributed by atoms with Gasteiger partial charge in [0.2, 0.25) is 0 Å². The lowest BCUT2D eigenvalue weighted by atomic mass is 9.74. The van der Waals surface area contributed by atoms with Gasteiger partial charge < -0.3 is 13.7 Å². The van der Waals surface area contributed by atoms with Gasteiger partial charge in [-0.2, -0.15) is 0 Å². The summed E-state index contributed by atoms with van der Waals surface area (Å²) in [4.78, 5) is 2.44. The van der Waals surface area contributed by atoms with Crippen molar-refractivity contribution in [3.8, 4) is 22.3 Å². The van der Waals surface area contributed by atoms with E-state index in [4.69, 9.17) is 8.83 Å². The Hall–Kier alpha value is -6.84. The molecule has 0 N–H and O–H groups in total. The second-order valence-electron chi connectivity index (χ2n) is 14.2. The first kappa shape index (κ1) is 29.8. The SMILES string of the molecule is CC1(c2ccccc2)c2ccccc2-c2c(N(c3ccc(-c4ccc5oc6ccccc6c5c4)cc3)c3cccc4oc5ccccc5c34)cccc21. The number of para-hydroxylation sites is 2. The monoisotopic (exact) mass is 679 g/mol. The first-order valence-electron chi connectivity index (χ1n) is 18.2. The Balaban J connectivity index is 1.15. The van der Waals surface area contributed by atoms with Crippen LogP contribution in [0.3, 0.4) is 0 Å². The summed E-state index contributed by atoms with van der Waals surface area (Å²) in [5, 5.41) is 4.46. The van der Waals surface area contributed by atoms with Crippen LogP contribution >= 0.6 is 0 Å². The summed E-state index contributed by atoms with van der Waals surface area (Å²) in [6.07, 6.45) is 0. The summed E-state index contributed by atoms with van der Waals surface area (Å²) >= 11 is 0. The van der Waals surface area contributed by atoms with Crippen LogP contribution in [-0.4, -0.2) is 0 Å². The molecule has 0 fully saturated rings. The predicted octanol–water partition coefficient (Wildman–Crippen LogP) is 14.0. The Bertz CT molecular complexity index is 3020. The highest BCUT2D eigenvalue weighted by Gasteiger charge is 2.42. The minimum absolute atomic E-state index is 0.316. The van der Waals surface area contributed by atoms with Gasteiger partial charge in [0.25, 0.3) is 0 Å². The molecule has 10 aromatic rings. The molecular formula is C50H33NO2. The maximum atomic E-state index is 6.46. The first-order chi connectivity index (χ1) is 26.2. The van der Waals surface area contributed by atoms with Gasteiger partial charge in [-0.3, -0.25) is 0 Å². The smallest absolute Gasteiger partial charge is 0.137 e. The van der Waals surface area contributed by atoms with Crippen molar-refractivity contribution in [2.45, 2.75) is 12.3 Å². The van der Waals surface area contributed by atoms with Crippen LogP contribution in [0.25, 0.3) is 66.1 Å². The van der Waals surface area contributed by atoms with Crippen LogP contribution in [0.2, 0.25) is 0 Å². The maximum Gasteiger partial charge on any atom is 0.137 e. The van der Waals surface area contributed by atoms with Gasteiger partial charge in [-0.05, 0) is 94.9 Å². The molecule has 2 aromatic heterocycles. The molecule has 2 heterocycles. The molecule has 11 rings (SSSR count). The lowest BCUT2D eigenvalue weighted by molar-refractivity contribution is 0.668. The number of furan rings is 2. The van der Waals surface area contributed by atoms with Gasteiger partial charge in [-0.25, -0.2) is 0 Å². The van der Waals surface area contributed by atoms with E-state index < -0.39 is 0 Å². The number of hydrogen-bond donors (Lipinski definition) is 0. The fourth-order valence-electron chi connectivity index (χ4n) is 8.85. The van der Waals surface area contributed by atoms with E-state index in [1.807, 2.05) is 18.2 Å². The van der Waals surface area contributed by atoms with E-state index in [1.165, 1.54) is 27.8 Å². The zero-order valence-electron chi connectivity index (χ0n) is 29.1. The van der Waals surface area contributed by atoms with Crippen molar-refractivity contribution >= 4 is 60.9 Å². The maximum absolute atomic E-state index is 6.46. The molecule has 3 nitrogen and oxygen atoms in total. The number of benzene rings is 8. The summed E-state index contributed by atoms with van der Waals surface area (Å²) in [5.74, 6) is 0. The van der Waals surface area contributed by atoms with Crippen LogP contribution in [0.15, 0.2) is 191 Å². The standard InChI is InChI=1S/C50H33NO2/c1-50(34-13-3-2-4-14-34)40-18-8-5-16-37(40)48-41(50)19-11-20-42(48)51(43-21-12-24-47-49(43)38-17-7-10-23-45(38)53-47)35-28-25-32(26-29-35)33-27-30-46-39(31-33)36-15-6-9-22-44(36)52-46/h2-31H,1H3. The van der Waals surface area contributed by atoms with Crippen molar-refractivity contribution in [1.82, 2.24) is 0 Å². The van der Waals surface area contributed by atoms with Crippen molar-refractivity contribution < 1.29 is 8.83 Å². The van der Waals surface area contributed by atoms with Gasteiger partial charge in [0.1, 0.15) is 22.3 Å². The molecule has 1 unspecified atom stereocenters. The predicted molar refractivity (Wildman–Crippen MR) is 219 cm³/mol. The van der Waals surface area contributed by atoms with E-state index in [0.29, 0.717) is 0 Å². The molecule has 1 atom stereocenters. The largest absolute Gasteiger partial charge is 0.456 e. The third kappa shape index (κ3) is 4.34. The van der Waals surface area contributed by atoms with Crippen molar-refractivity contribution in [2.24, 2.45) is 0 Å². The Kier molecular flexibility index (Phi) is 6.38. The van der Waals surface area contributed by atoms with Gasteiger partial charge in [0, 0.05) is 32.8 Å². The molecule has 1 aliphatic carbocycles. The Morgan fingerprint density at radius 3 is 1.89 bits per heavy atom. The van der Waals surface area contributed by atoms with Gasteiger partial charge in [0.05, 0.1) is 16.8 Å². The normalized spacial score (nSPS) is 15.0.